The largest absolute Gasteiger partial charge is 0.349 e. The first-order valence-electron chi connectivity index (χ1n) is 5.09. The zero-order chi connectivity index (χ0) is 11.8. The maximum absolute atomic E-state index is 12.7. The van der Waals surface area contributed by atoms with Gasteiger partial charge in [-0.05, 0) is 43.0 Å². The predicted octanol–water partition coefficient (Wildman–Crippen LogP) is 1.83. The Morgan fingerprint density at radius 3 is 2.62 bits per heavy atom. The van der Waals surface area contributed by atoms with E-state index < -0.39 is 10.7 Å². The Hall–Kier alpha value is -1.16. The van der Waals surface area contributed by atoms with Crippen molar-refractivity contribution in [2.45, 2.75) is 25.3 Å². The summed E-state index contributed by atoms with van der Waals surface area (Å²) in [5.41, 5.74) is -1.02. The lowest BCUT2D eigenvalue weighted by Gasteiger charge is -2.18. The van der Waals surface area contributed by atoms with E-state index in [1.165, 1.54) is 12.2 Å². The van der Waals surface area contributed by atoms with Gasteiger partial charge in [0.25, 0.3) is 0 Å². The second kappa shape index (κ2) is 4.01. The van der Waals surface area contributed by atoms with E-state index in [1.54, 1.807) is 6.08 Å². The standard InChI is InChI=1S/C11H11ClFNO2/c12-9(15)11(5-6-11)10(16)14-8-3-1-7(13)2-4-8/h1-3,8H,4-6H2,(H,14,16). The van der Waals surface area contributed by atoms with Gasteiger partial charge in [0.1, 0.15) is 11.2 Å². The molecule has 0 saturated heterocycles. The molecule has 0 bridgehead atoms. The van der Waals surface area contributed by atoms with Crippen molar-refractivity contribution < 1.29 is 14.0 Å². The van der Waals surface area contributed by atoms with Crippen molar-refractivity contribution in [1.29, 1.82) is 0 Å². The van der Waals surface area contributed by atoms with Crippen molar-refractivity contribution in [3.63, 3.8) is 0 Å². The predicted molar refractivity (Wildman–Crippen MR) is 57.4 cm³/mol. The van der Waals surface area contributed by atoms with Gasteiger partial charge in [-0.15, -0.1) is 0 Å². The quantitative estimate of drug-likeness (QED) is 0.607. The van der Waals surface area contributed by atoms with Crippen LogP contribution in [0.3, 0.4) is 0 Å². The van der Waals surface area contributed by atoms with Gasteiger partial charge in [0.05, 0.1) is 6.04 Å². The smallest absolute Gasteiger partial charge is 0.237 e. The van der Waals surface area contributed by atoms with E-state index in [9.17, 15) is 14.0 Å². The summed E-state index contributed by atoms with van der Waals surface area (Å²) in [6.45, 7) is 0. The van der Waals surface area contributed by atoms with Crippen LogP contribution in [0.2, 0.25) is 0 Å². The van der Waals surface area contributed by atoms with Crippen LogP contribution in [0.4, 0.5) is 4.39 Å². The summed E-state index contributed by atoms with van der Waals surface area (Å²) < 4.78 is 12.7. The van der Waals surface area contributed by atoms with Crippen molar-refractivity contribution in [1.82, 2.24) is 5.32 Å². The maximum atomic E-state index is 12.7. The topological polar surface area (TPSA) is 46.2 Å². The first kappa shape index (κ1) is 11.3. The van der Waals surface area contributed by atoms with Gasteiger partial charge in [-0.3, -0.25) is 9.59 Å². The van der Waals surface area contributed by atoms with E-state index in [1.807, 2.05) is 0 Å². The van der Waals surface area contributed by atoms with Crippen LogP contribution in [0.1, 0.15) is 19.3 Å². The zero-order valence-corrected chi connectivity index (χ0v) is 9.26. The number of carbonyl (C=O) groups excluding carboxylic acids is 2. The fourth-order valence-corrected chi connectivity index (χ4v) is 1.92. The molecule has 1 unspecified atom stereocenters. The second-order valence-electron chi connectivity index (χ2n) is 4.12. The Morgan fingerprint density at radius 2 is 2.19 bits per heavy atom. The second-order valence-corrected chi connectivity index (χ2v) is 4.46. The van der Waals surface area contributed by atoms with Crippen molar-refractivity contribution in [3.05, 3.63) is 24.1 Å². The lowest BCUT2D eigenvalue weighted by atomic mass is 10.0. The van der Waals surface area contributed by atoms with Gasteiger partial charge in [-0.1, -0.05) is 6.08 Å². The van der Waals surface area contributed by atoms with Gasteiger partial charge in [-0.25, -0.2) is 4.39 Å². The van der Waals surface area contributed by atoms with Crippen LogP contribution in [-0.2, 0) is 9.59 Å². The number of allylic oxidation sites excluding steroid dienone is 2. The van der Waals surface area contributed by atoms with Gasteiger partial charge in [-0.2, -0.15) is 0 Å². The molecule has 1 saturated carbocycles. The molecule has 16 heavy (non-hydrogen) atoms. The number of carbonyl (C=O) groups is 2. The minimum atomic E-state index is -1.02. The van der Waals surface area contributed by atoms with Crippen LogP contribution in [0.15, 0.2) is 24.1 Å². The van der Waals surface area contributed by atoms with E-state index in [0.29, 0.717) is 19.3 Å². The maximum Gasteiger partial charge on any atom is 0.237 e. The van der Waals surface area contributed by atoms with E-state index in [-0.39, 0.29) is 17.8 Å². The number of hydrogen-bond acceptors (Lipinski definition) is 2. The molecule has 0 spiro atoms. The van der Waals surface area contributed by atoms with Gasteiger partial charge in [0.2, 0.25) is 11.1 Å². The highest BCUT2D eigenvalue weighted by molar-refractivity contribution is 6.67. The van der Waals surface area contributed by atoms with E-state index in [2.05, 4.69) is 5.32 Å². The molecule has 2 aliphatic rings. The summed E-state index contributed by atoms with van der Waals surface area (Å²) in [6, 6.07) is -0.250. The SMILES string of the molecule is O=C(Cl)C1(C(=O)NC2C=CC(F)=CC2)CC1. The van der Waals surface area contributed by atoms with E-state index >= 15 is 0 Å². The first-order valence-corrected chi connectivity index (χ1v) is 5.47. The number of halogens is 2. The molecule has 0 aromatic rings. The minimum Gasteiger partial charge on any atom is -0.349 e. The van der Waals surface area contributed by atoms with Crippen LogP contribution in [0, 0.1) is 5.41 Å². The number of hydrogen-bond donors (Lipinski definition) is 1. The first-order chi connectivity index (χ1) is 7.54. The average molecular weight is 244 g/mol. The summed E-state index contributed by atoms with van der Waals surface area (Å²) in [7, 11) is 0. The Labute approximate surface area is 97.3 Å². The van der Waals surface area contributed by atoms with Crippen molar-refractivity contribution in [3.8, 4) is 0 Å². The molecule has 1 atom stereocenters. The molecular weight excluding hydrogens is 233 g/mol. The third-order valence-electron chi connectivity index (χ3n) is 2.93. The Morgan fingerprint density at radius 1 is 1.50 bits per heavy atom. The van der Waals surface area contributed by atoms with Crippen molar-refractivity contribution >= 4 is 22.8 Å². The minimum absolute atomic E-state index is 0.250. The molecule has 86 valence electrons. The Kier molecular flexibility index (Phi) is 2.84. The molecule has 0 aliphatic heterocycles. The Bertz CT molecular complexity index is 399. The summed E-state index contributed by atoms with van der Waals surface area (Å²) in [5, 5.41) is 2.08. The third kappa shape index (κ3) is 2.02. The number of rotatable bonds is 3. The lowest BCUT2D eigenvalue weighted by Crippen LogP contribution is -2.41. The molecular formula is C11H11ClFNO2. The molecule has 2 rings (SSSR count). The molecule has 1 fully saturated rings. The molecule has 5 heteroatoms. The summed E-state index contributed by atoms with van der Waals surface area (Å²) in [6.07, 6.45) is 5.68. The molecule has 0 aromatic carbocycles. The highest BCUT2D eigenvalue weighted by Gasteiger charge is 2.55. The normalized spacial score (nSPS) is 25.9. The van der Waals surface area contributed by atoms with Crippen LogP contribution >= 0.6 is 11.6 Å². The Balaban J connectivity index is 1.95. The van der Waals surface area contributed by atoms with Crippen molar-refractivity contribution in [2.24, 2.45) is 5.41 Å². The van der Waals surface area contributed by atoms with Gasteiger partial charge >= 0.3 is 0 Å². The highest BCUT2D eigenvalue weighted by Crippen LogP contribution is 2.47. The molecule has 1 N–H and O–H groups in total. The van der Waals surface area contributed by atoms with E-state index in [4.69, 9.17) is 11.6 Å². The van der Waals surface area contributed by atoms with E-state index in [0.717, 1.165) is 0 Å². The number of nitrogens with one attached hydrogen (secondary N) is 1. The fourth-order valence-electron chi connectivity index (χ4n) is 1.65. The molecule has 0 aromatic heterocycles. The molecule has 1 amide bonds. The van der Waals surface area contributed by atoms with Gasteiger partial charge in [0.15, 0.2) is 0 Å². The summed E-state index contributed by atoms with van der Waals surface area (Å²) in [4.78, 5) is 22.8. The molecule has 0 heterocycles. The van der Waals surface area contributed by atoms with Crippen LogP contribution in [0.5, 0.6) is 0 Å². The summed E-state index contributed by atoms with van der Waals surface area (Å²) >= 11 is 5.38. The molecule has 3 nitrogen and oxygen atoms in total. The molecule has 0 radical (unpaired) electrons. The third-order valence-corrected chi connectivity index (χ3v) is 3.29. The lowest BCUT2D eigenvalue weighted by molar-refractivity contribution is -0.132. The fraction of sp³-hybridized carbons (Fsp3) is 0.455. The number of amides is 1. The van der Waals surface area contributed by atoms with Crippen LogP contribution < -0.4 is 5.32 Å². The van der Waals surface area contributed by atoms with Crippen LogP contribution in [0.25, 0.3) is 0 Å². The van der Waals surface area contributed by atoms with Gasteiger partial charge < -0.3 is 5.32 Å². The highest BCUT2D eigenvalue weighted by atomic mass is 35.5. The van der Waals surface area contributed by atoms with Crippen molar-refractivity contribution in [2.75, 3.05) is 0 Å². The van der Waals surface area contributed by atoms with Crippen LogP contribution in [-0.4, -0.2) is 17.2 Å². The monoisotopic (exact) mass is 243 g/mol. The zero-order valence-electron chi connectivity index (χ0n) is 8.50. The summed E-state index contributed by atoms with van der Waals surface area (Å²) in [5.74, 6) is -0.655. The molecule has 2 aliphatic carbocycles. The van der Waals surface area contributed by atoms with Gasteiger partial charge in [0, 0.05) is 0 Å². The average Bonchev–Trinajstić information content (AvgIpc) is 3.02.